The molecule has 0 aromatic heterocycles. The average molecular weight is 290 g/mol. The zero-order chi connectivity index (χ0) is 15.9. The van der Waals surface area contributed by atoms with Crippen LogP contribution in [0.15, 0.2) is 46.5 Å². The number of terminal acetylenes is 1. The maximum Gasteiger partial charge on any atom is 0.244 e. The maximum atomic E-state index is 12.6. The van der Waals surface area contributed by atoms with Crippen LogP contribution in [0.5, 0.6) is 0 Å². The second kappa shape index (κ2) is 7.12. The second-order valence-corrected chi connectivity index (χ2v) is 6.57. The van der Waals surface area contributed by atoms with Crippen molar-refractivity contribution in [2.75, 3.05) is 13.1 Å². The van der Waals surface area contributed by atoms with Crippen molar-refractivity contribution in [2.24, 2.45) is 0 Å². The molecule has 0 saturated heterocycles. The Labute approximate surface area is 123 Å². The van der Waals surface area contributed by atoms with E-state index in [4.69, 9.17) is 1.37 Å². The molecule has 1 aromatic rings. The third-order valence-corrected chi connectivity index (χ3v) is 4.43. The van der Waals surface area contributed by atoms with E-state index in [0.717, 1.165) is 11.1 Å². The van der Waals surface area contributed by atoms with Crippen LogP contribution in [0.25, 0.3) is 0 Å². The molecule has 0 spiro atoms. The highest BCUT2D eigenvalue weighted by Crippen LogP contribution is 2.16. The van der Waals surface area contributed by atoms with E-state index in [1.165, 1.54) is 4.31 Å². The summed E-state index contributed by atoms with van der Waals surface area (Å²) in [7, 11) is -3.62. The minimum atomic E-state index is -3.62. The molecule has 0 unspecified atom stereocenters. The van der Waals surface area contributed by atoms with Gasteiger partial charge >= 0.3 is 0 Å². The summed E-state index contributed by atoms with van der Waals surface area (Å²) in [5.41, 5.74) is 4.94. The molecule has 0 amide bonds. The Hall–Kier alpha value is -1.79. The number of rotatable bonds is 5. The summed E-state index contributed by atoms with van der Waals surface area (Å²) in [6.07, 6.45) is 3.64. The Bertz CT molecular complexity index is 699. The molecule has 0 N–H and O–H groups in total. The third-order valence-electron chi connectivity index (χ3n) is 2.60. The Morgan fingerprint density at radius 3 is 2.60 bits per heavy atom. The molecule has 0 fully saturated rings. The van der Waals surface area contributed by atoms with Gasteiger partial charge in [-0.3, -0.25) is 0 Å². The molecule has 0 aliphatic carbocycles. The first-order chi connectivity index (χ1) is 9.87. The number of hydrogen-bond acceptors (Lipinski definition) is 2. The van der Waals surface area contributed by atoms with Crippen LogP contribution >= 0.6 is 0 Å². The topological polar surface area (TPSA) is 37.4 Å². The lowest BCUT2D eigenvalue weighted by Gasteiger charge is -2.18. The zero-order valence-corrected chi connectivity index (χ0v) is 12.8. The van der Waals surface area contributed by atoms with Crippen LogP contribution in [0, 0.1) is 19.2 Å². The summed E-state index contributed by atoms with van der Waals surface area (Å²) in [5, 5.41) is 0. The summed E-state index contributed by atoms with van der Waals surface area (Å²) in [5.74, 6) is 2.48. The molecule has 0 aliphatic rings. The van der Waals surface area contributed by atoms with Crippen LogP contribution in [0.4, 0.5) is 0 Å². The summed E-state index contributed by atoms with van der Waals surface area (Å²) in [6.45, 7) is 5.84. The normalized spacial score (nSPS) is 11.1. The molecule has 1 aromatic carbocycles. The number of hydrogen-bond donors (Lipinski definition) is 0. The molecule has 20 heavy (non-hydrogen) atoms. The smallest absolute Gasteiger partial charge is 0.207 e. The van der Waals surface area contributed by atoms with Crippen molar-refractivity contribution >= 4 is 10.0 Å². The van der Waals surface area contributed by atoms with Gasteiger partial charge in [0.25, 0.3) is 0 Å². The molecule has 0 aliphatic heterocycles. The SMILES string of the molecule is [2H]C#CCN(CC=C=C(C)C)S(=O)(=O)c1ccc(C)cc1. The molecule has 1 rings (SSSR count). The van der Waals surface area contributed by atoms with E-state index in [1.807, 2.05) is 27.2 Å². The molecule has 0 saturated carbocycles. The van der Waals surface area contributed by atoms with Gasteiger partial charge in [0, 0.05) is 6.54 Å². The summed E-state index contributed by atoms with van der Waals surface area (Å²) >= 11 is 0. The van der Waals surface area contributed by atoms with Crippen LogP contribution in [-0.4, -0.2) is 25.8 Å². The fraction of sp³-hybridized carbons (Fsp3) is 0.312. The van der Waals surface area contributed by atoms with Gasteiger partial charge in [0.1, 0.15) is 1.37 Å². The predicted molar refractivity (Wildman–Crippen MR) is 81.7 cm³/mol. The quantitative estimate of drug-likeness (QED) is 0.617. The van der Waals surface area contributed by atoms with Gasteiger partial charge < -0.3 is 0 Å². The van der Waals surface area contributed by atoms with Gasteiger partial charge in [-0.25, -0.2) is 8.42 Å². The van der Waals surface area contributed by atoms with Crippen LogP contribution in [0.3, 0.4) is 0 Å². The fourth-order valence-electron chi connectivity index (χ4n) is 1.55. The first-order valence-electron chi connectivity index (χ1n) is 6.72. The fourth-order valence-corrected chi connectivity index (χ4v) is 2.83. The average Bonchev–Trinajstić information content (AvgIpc) is 2.42. The molecular formula is C16H19NO2S. The van der Waals surface area contributed by atoms with Crippen molar-refractivity contribution in [3.8, 4) is 12.3 Å². The first-order valence-corrected chi connectivity index (χ1v) is 7.66. The number of sulfonamides is 1. The van der Waals surface area contributed by atoms with E-state index in [-0.39, 0.29) is 18.0 Å². The largest absolute Gasteiger partial charge is 0.244 e. The third kappa shape index (κ3) is 4.40. The van der Waals surface area contributed by atoms with Gasteiger partial charge in [-0.2, -0.15) is 4.31 Å². The molecule has 0 atom stereocenters. The number of benzene rings is 1. The van der Waals surface area contributed by atoms with Gasteiger partial charge in [0.2, 0.25) is 10.0 Å². The van der Waals surface area contributed by atoms with E-state index in [2.05, 4.69) is 11.7 Å². The predicted octanol–water partition coefficient (Wildman–Crippen LogP) is 2.74. The van der Waals surface area contributed by atoms with Crippen molar-refractivity contribution in [3.63, 3.8) is 0 Å². The minimum absolute atomic E-state index is 0.0132. The molecular weight excluding hydrogens is 270 g/mol. The Balaban J connectivity index is 3.12. The Morgan fingerprint density at radius 2 is 2.05 bits per heavy atom. The van der Waals surface area contributed by atoms with Crippen LogP contribution in [0.1, 0.15) is 20.8 Å². The van der Waals surface area contributed by atoms with Crippen molar-refractivity contribution in [3.05, 3.63) is 47.2 Å². The highest BCUT2D eigenvalue weighted by molar-refractivity contribution is 7.89. The van der Waals surface area contributed by atoms with Crippen molar-refractivity contribution in [1.29, 1.82) is 0 Å². The Kier molecular flexibility index (Phi) is 5.20. The monoisotopic (exact) mass is 290 g/mol. The molecule has 3 nitrogen and oxygen atoms in total. The second-order valence-electron chi connectivity index (χ2n) is 4.64. The van der Waals surface area contributed by atoms with Crippen LogP contribution in [0.2, 0.25) is 0 Å². The zero-order valence-electron chi connectivity index (χ0n) is 13.0. The maximum absolute atomic E-state index is 12.6. The Morgan fingerprint density at radius 1 is 1.40 bits per heavy atom. The van der Waals surface area contributed by atoms with E-state index >= 15 is 0 Å². The number of nitrogens with zero attached hydrogens (tertiary/aromatic N) is 1. The van der Waals surface area contributed by atoms with Gasteiger partial charge in [-0.15, -0.1) is 12.1 Å². The lowest BCUT2D eigenvalue weighted by Crippen LogP contribution is -2.31. The van der Waals surface area contributed by atoms with Crippen molar-refractivity contribution < 1.29 is 9.79 Å². The first kappa shape index (κ1) is 14.6. The van der Waals surface area contributed by atoms with Crippen LogP contribution < -0.4 is 0 Å². The van der Waals surface area contributed by atoms with Gasteiger partial charge in [0.05, 0.1) is 11.4 Å². The minimum Gasteiger partial charge on any atom is -0.207 e. The number of aryl methyl sites for hydroxylation is 1. The van der Waals surface area contributed by atoms with Crippen LogP contribution in [-0.2, 0) is 10.0 Å². The summed E-state index contributed by atoms with van der Waals surface area (Å²) in [6, 6.07) is 6.67. The lowest BCUT2D eigenvalue weighted by atomic mass is 10.2. The highest BCUT2D eigenvalue weighted by atomic mass is 32.2. The van der Waals surface area contributed by atoms with E-state index < -0.39 is 10.0 Å². The van der Waals surface area contributed by atoms with E-state index in [1.54, 1.807) is 30.3 Å². The van der Waals surface area contributed by atoms with Crippen molar-refractivity contribution in [2.45, 2.75) is 25.7 Å². The van der Waals surface area contributed by atoms with Gasteiger partial charge in [-0.1, -0.05) is 23.6 Å². The van der Waals surface area contributed by atoms with Gasteiger partial charge in [0.15, 0.2) is 0 Å². The molecule has 0 heterocycles. The molecule has 106 valence electrons. The molecule has 0 radical (unpaired) electrons. The lowest BCUT2D eigenvalue weighted by molar-refractivity contribution is 0.478. The van der Waals surface area contributed by atoms with E-state index in [0.29, 0.717) is 0 Å². The van der Waals surface area contributed by atoms with E-state index in [9.17, 15) is 8.42 Å². The summed E-state index contributed by atoms with van der Waals surface area (Å²) < 4.78 is 33.2. The molecule has 4 heteroatoms. The molecule has 0 bridgehead atoms. The van der Waals surface area contributed by atoms with Gasteiger partial charge in [-0.05, 0) is 44.6 Å². The standard InChI is InChI=1S/C16H19NO2S/c1-5-12-17(13-6-7-14(2)3)20(18,19)16-10-8-15(4)9-11-16/h1,6,8-11H,12-13H2,2-4H3/i1D. The summed E-state index contributed by atoms with van der Waals surface area (Å²) in [4.78, 5) is 0.227. The van der Waals surface area contributed by atoms with Crippen molar-refractivity contribution in [1.82, 2.24) is 4.31 Å². The highest BCUT2D eigenvalue weighted by Gasteiger charge is 2.22.